The molecule has 12 heteroatoms. The summed E-state index contributed by atoms with van der Waals surface area (Å²) < 4.78 is 28.7. The molecule has 0 heterocycles. The zero-order valence-corrected chi connectivity index (χ0v) is 25.5. The van der Waals surface area contributed by atoms with E-state index in [0.29, 0.717) is 31.3 Å². The monoisotopic (exact) mass is 590 g/mol. The van der Waals surface area contributed by atoms with Crippen LogP contribution in [0.15, 0.2) is 41.3 Å². The summed E-state index contributed by atoms with van der Waals surface area (Å²) in [6.07, 6.45) is 6.67. The van der Waals surface area contributed by atoms with Gasteiger partial charge in [0.25, 0.3) is 0 Å². The Bertz CT molecular complexity index is 1170. The van der Waals surface area contributed by atoms with E-state index in [0.717, 1.165) is 82.3 Å². The molecule has 0 aliphatic heterocycles. The molecule has 11 nitrogen and oxygen atoms in total. The number of hydrogen-bond acceptors (Lipinski definition) is 7. The standard InChI is InChI=1S/C29H50N8O3S/c1-37(2)26-14-8-13-25-24(26)12-9-15-27(25)41(39,40)36-23-5-3-4-16-28(38)34-21-10-19-32-17-6-7-18-33-20-11-22-35-29(30)31/h8-9,12-15,32-33,36H,3-7,10-11,16-23H2,1-2H3,(H,34,38)(H4,30,31,35). The largest absolute Gasteiger partial charge is 0.377 e. The average Bonchev–Trinajstić information content (AvgIpc) is 2.94. The SMILES string of the molecule is CN(C)c1cccc2c(S(=O)(=O)NCCCCCC(=O)NCCCNCCCCNCCCNC(=N)N)cccc12. The quantitative estimate of drug-likeness (QED) is 0.0622. The van der Waals surface area contributed by atoms with Crippen LogP contribution in [0.2, 0.25) is 0 Å². The van der Waals surface area contributed by atoms with Crippen LogP contribution in [-0.4, -0.2) is 80.2 Å². The maximum atomic E-state index is 13.0. The second-order valence-electron chi connectivity index (χ2n) is 10.3. The lowest BCUT2D eigenvalue weighted by Crippen LogP contribution is -2.32. The van der Waals surface area contributed by atoms with Crippen LogP contribution in [0.4, 0.5) is 5.69 Å². The van der Waals surface area contributed by atoms with Crippen LogP contribution >= 0.6 is 0 Å². The van der Waals surface area contributed by atoms with Crippen molar-refractivity contribution in [2.75, 3.05) is 64.8 Å². The molecule has 230 valence electrons. The minimum atomic E-state index is -3.63. The van der Waals surface area contributed by atoms with Gasteiger partial charge in [-0.25, -0.2) is 13.1 Å². The number of amides is 1. The fraction of sp³-hybridized carbons (Fsp3) is 0.586. The number of fused-ring (bicyclic) bond motifs is 1. The van der Waals surface area contributed by atoms with Crippen LogP contribution < -0.4 is 36.6 Å². The highest BCUT2D eigenvalue weighted by Crippen LogP contribution is 2.30. The lowest BCUT2D eigenvalue weighted by molar-refractivity contribution is -0.121. The Kier molecular flexibility index (Phi) is 16.1. The Morgan fingerprint density at radius 2 is 1.34 bits per heavy atom. The zero-order chi connectivity index (χ0) is 29.9. The Morgan fingerprint density at radius 3 is 2.00 bits per heavy atom. The number of nitrogens with two attached hydrogens (primary N) is 1. The molecule has 1 amide bonds. The van der Waals surface area contributed by atoms with E-state index >= 15 is 0 Å². The van der Waals surface area contributed by atoms with Gasteiger partial charge >= 0.3 is 0 Å². The Hall–Kier alpha value is -2.93. The van der Waals surface area contributed by atoms with Crippen LogP contribution in [-0.2, 0) is 14.8 Å². The fourth-order valence-electron chi connectivity index (χ4n) is 4.48. The third kappa shape index (κ3) is 13.5. The zero-order valence-electron chi connectivity index (χ0n) is 24.7. The number of carbonyl (C=O) groups is 1. The molecule has 0 saturated carbocycles. The molecule has 0 radical (unpaired) electrons. The molecule has 2 rings (SSSR count). The first-order chi connectivity index (χ1) is 19.7. The van der Waals surface area contributed by atoms with E-state index in [4.69, 9.17) is 11.1 Å². The van der Waals surface area contributed by atoms with Crippen molar-refractivity contribution in [3.05, 3.63) is 36.4 Å². The highest BCUT2D eigenvalue weighted by atomic mass is 32.2. The predicted molar refractivity (Wildman–Crippen MR) is 169 cm³/mol. The molecule has 0 aliphatic carbocycles. The molecule has 8 N–H and O–H groups in total. The first kappa shape index (κ1) is 34.3. The van der Waals surface area contributed by atoms with Crippen molar-refractivity contribution in [3.8, 4) is 0 Å². The molecule has 0 saturated heterocycles. The van der Waals surface area contributed by atoms with Crippen molar-refractivity contribution in [2.24, 2.45) is 5.73 Å². The summed E-state index contributed by atoms with van der Waals surface area (Å²) in [5.41, 5.74) is 6.20. The number of anilines is 1. The minimum Gasteiger partial charge on any atom is -0.377 e. The van der Waals surface area contributed by atoms with E-state index in [9.17, 15) is 13.2 Å². The second-order valence-corrected chi connectivity index (χ2v) is 12.1. The van der Waals surface area contributed by atoms with Crippen molar-refractivity contribution >= 4 is 38.3 Å². The topological polar surface area (TPSA) is 164 Å². The van der Waals surface area contributed by atoms with Crippen LogP contribution in [0.5, 0.6) is 0 Å². The number of benzene rings is 2. The Labute approximate surface area is 246 Å². The van der Waals surface area contributed by atoms with Crippen molar-refractivity contribution < 1.29 is 13.2 Å². The lowest BCUT2D eigenvalue weighted by atomic mass is 10.1. The number of carbonyl (C=O) groups excluding carboxylic acids is 1. The van der Waals surface area contributed by atoms with Gasteiger partial charge in [0, 0.05) is 56.6 Å². The number of nitrogens with one attached hydrogen (secondary N) is 6. The smallest absolute Gasteiger partial charge is 0.241 e. The van der Waals surface area contributed by atoms with E-state index in [2.05, 4.69) is 26.0 Å². The normalized spacial score (nSPS) is 11.5. The molecule has 0 fully saturated rings. The van der Waals surface area contributed by atoms with Crippen molar-refractivity contribution in [3.63, 3.8) is 0 Å². The summed E-state index contributed by atoms with van der Waals surface area (Å²) >= 11 is 0. The maximum Gasteiger partial charge on any atom is 0.241 e. The number of unbranched alkanes of at least 4 members (excludes halogenated alkanes) is 3. The number of nitrogens with zero attached hydrogens (tertiary/aromatic N) is 1. The van der Waals surface area contributed by atoms with Crippen molar-refractivity contribution in [2.45, 2.75) is 56.3 Å². The predicted octanol–water partition coefficient (Wildman–Crippen LogP) is 2.08. The Balaban J connectivity index is 1.48. The summed E-state index contributed by atoms with van der Waals surface area (Å²) in [4.78, 5) is 14.3. The summed E-state index contributed by atoms with van der Waals surface area (Å²) in [5.74, 6) is 0.0613. The number of hydrogen-bond donors (Lipinski definition) is 7. The van der Waals surface area contributed by atoms with Gasteiger partial charge in [-0.1, -0.05) is 30.7 Å². The van der Waals surface area contributed by atoms with Gasteiger partial charge in [0.2, 0.25) is 15.9 Å². The minimum absolute atomic E-state index is 0.0172. The highest BCUT2D eigenvalue weighted by molar-refractivity contribution is 7.89. The molecule has 0 atom stereocenters. The molecule has 2 aromatic rings. The van der Waals surface area contributed by atoms with Gasteiger partial charge in [-0.2, -0.15) is 0 Å². The molecule has 0 unspecified atom stereocenters. The molecule has 0 bridgehead atoms. The van der Waals surface area contributed by atoms with Gasteiger partial charge in [0.15, 0.2) is 5.96 Å². The molecule has 0 aromatic heterocycles. The third-order valence-electron chi connectivity index (χ3n) is 6.66. The third-order valence-corrected chi connectivity index (χ3v) is 8.18. The number of rotatable bonds is 22. The van der Waals surface area contributed by atoms with Crippen molar-refractivity contribution in [1.29, 1.82) is 5.41 Å². The summed E-state index contributed by atoms with van der Waals surface area (Å²) in [6.45, 7) is 5.44. The molecule has 2 aromatic carbocycles. The summed E-state index contributed by atoms with van der Waals surface area (Å²) in [6, 6.07) is 11.0. The maximum absolute atomic E-state index is 13.0. The van der Waals surface area contributed by atoms with Crippen LogP contribution in [0.3, 0.4) is 0 Å². The van der Waals surface area contributed by atoms with Gasteiger partial charge < -0.3 is 31.9 Å². The van der Waals surface area contributed by atoms with Gasteiger partial charge in [0.05, 0.1) is 4.90 Å². The summed E-state index contributed by atoms with van der Waals surface area (Å²) in [7, 11) is 0.248. The van der Waals surface area contributed by atoms with E-state index in [1.165, 1.54) is 0 Å². The molecule has 0 spiro atoms. The van der Waals surface area contributed by atoms with Gasteiger partial charge in [-0.3, -0.25) is 10.2 Å². The molecule has 0 aliphatic rings. The van der Waals surface area contributed by atoms with E-state index in [-0.39, 0.29) is 16.8 Å². The molecular weight excluding hydrogens is 540 g/mol. The van der Waals surface area contributed by atoms with Crippen LogP contribution in [0, 0.1) is 5.41 Å². The van der Waals surface area contributed by atoms with Crippen LogP contribution in [0.1, 0.15) is 51.4 Å². The van der Waals surface area contributed by atoms with E-state index in [1.54, 1.807) is 12.1 Å². The van der Waals surface area contributed by atoms with Gasteiger partial charge in [-0.05, 0) is 76.8 Å². The molecule has 41 heavy (non-hydrogen) atoms. The van der Waals surface area contributed by atoms with Gasteiger partial charge in [-0.15, -0.1) is 0 Å². The Morgan fingerprint density at radius 1 is 0.756 bits per heavy atom. The fourth-order valence-corrected chi connectivity index (χ4v) is 5.77. The van der Waals surface area contributed by atoms with Crippen molar-refractivity contribution in [1.82, 2.24) is 26.0 Å². The second kappa shape index (κ2) is 19.2. The molecular formula is C29H50N8O3S. The number of sulfonamides is 1. The average molecular weight is 591 g/mol. The highest BCUT2D eigenvalue weighted by Gasteiger charge is 2.18. The van der Waals surface area contributed by atoms with Gasteiger partial charge in [0.1, 0.15) is 0 Å². The van der Waals surface area contributed by atoms with E-state index < -0.39 is 10.0 Å². The first-order valence-corrected chi connectivity index (χ1v) is 16.2. The van der Waals surface area contributed by atoms with E-state index in [1.807, 2.05) is 43.3 Å². The first-order valence-electron chi connectivity index (χ1n) is 14.7. The summed E-state index contributed by atoms with van der Waals surface area (Å²) in [5, 5.41) is 21.2. The van der Waals surface area contributed by atoms with Crippen LogP contribution in [0.25, 0.3) is 10.8 Å². The lowest BCUT2D eigenvalue weighted by Gasteiger charge is -2.17. The number of guanidine groups is 1.